The van der Waals surface area contributed by atoms with E-state index in [1.807, 2.05) is 0 Å². The Balaban J connectivity index is 1.97. The van der Waals surface area contributed by atoms with Gasteiger partial charge in [0, 0.05) is 19.6 Å². The summed E-state index contributed by atoms with van der Waals surface area (Å²) in [7, 11) is 0. The van der Waals surface area contributed by atoms with Gasteiger partial charge in [-0.15, -0.1) is 0 Å². The normalized spacial score (nSPS) is 19.9. The van der Waals surface area contributed by atoms with Gasteiger partial charge >= 0.3 is 5.97 Å². The lowest BCUT2D eigenvalue weighted by atomic mass is 10.0. The number of aliphatic carboxylic acids is 1. The smallest absolute Gasteiger partial charge is 0.330 e. The molecule has 0 bridgehead atoms. The van der Waals surface area contributed by atoms with E-state index in [-0.39, 0.29) is 11.8 Å². The molecule has 1 aliphatic heterocycles. The van der Waals surface area contributed by atoms with Crippen LogP contribution >= 0.6 is 0 Å². The number of carbonyl (C=O) groups excluding carboxylic acids is 1. The van der Waals surface area contributed by atoms with E-state index in [1.165, 1.54) is 0 Å². The van der Waals surface area contributed by atoms with Gasteiger partial charge in [-0.3, -0.25) is 4.79 Å². The highest BCUT2D eigenvalue weighted by atomic mass is 16.5. The van der Waals surface area contributed by atoms with E-state index in [1.54, 1.807) is 30.3 Å². The summed E-state index contributed by atoms with van der Waals surface area (Å²) in [5.74, 6) is -1.10. The molecule has 0 saturated carbocycles. The van der Waals surface area contributed by atoms with Crippen LogP contribution in [0.15, 0.2) is 30.3 Å². The summed E-state index contributed by atoms with van der Waals surface area (Å²) in [5.41, 5.74) is 0.575. The highest BCUT2D eigenvalue weighted by Gasteiger charge is 2.24. The number of carboxylic acids is 1. The number of carbonyl (C=O) groups is 2. The molecule has 2 atom stereocenters. The maximum absolute atomic E-state index is 11.9. The second kappa shape index (κ2) is 6.33. The van der Waals surface area contributed by atoms with Crippen molar-refractivity contribution in [3.8, 4) is 0 Å². The largest absolute Gasteiger partial charge is 0.479 e. The van der Waals surface area contributed by atoms with Gasteiger partial charge in [-0.2, -0.15) is 0 Å². The Hall–Kier alpha value is -1.88. The Morgan fingerprint density at radius 2 is 2.11 bits per heavy atom. The lowest BCUT2D eigenvalue weighted by molar-refractivity contribution is -0.142. The number of carboxylic acid groups (broad SMARTS) is 1. The lowest BCUT2D eigenvalue weighted by Gasteiger charge is -2.16. The molecule has 1 aromatic rings. The SMILES string of the molecule is O=C(C[C@@H]1CCOC1)N[C@@H](C(=O)O)c1ccccc1. The number of rotatable bonds is 5. The summed E-state index contributed by atoms with van der Waals surface area (Å²) >= 11 is 0. The summed E-state index contributed by atoms with van der Waals surface area (Å²) in [6.45, 7) is 1.26. The molecule has 1 saturated heterocycles. The van der Waals surface area contributed by atoms with Crippen LogP contribution in [0, 0.1) is 5.92 Å². The van der Waals surface area contributed by atoms with Crippen molar-refractivity contribution in [2.24, 2.45) is 5.92 Å². The molecule has 2 rings (SSSR count). The summed E-state index contributed by atoms with van der Waals surface area (Å²) in [4.78, 5) is 23.1. The Kier molecular flexibility index (Phi) is 4.52. The van der Waals surface area contributed by atoms with E-state index in [0.717, 1.165) is 6.42 Å². The van der Waals surface area contributed by atoms with Gasteiger partial charge in [0.1, 0.15) is 0 Å². The molecular weight excluding hydrogens is 246 g/mol. The average Bonchev–Trinajstić information content (AvgIpc) is 2.89. The van der Waals surface area contributed by atoms with E-state index in [2.05, 4.69) is 5.32 Å². The lowest BCUT2D eigenvalue weighted by Crippen LogP contribution is -2.34. The molecule has 1 heterocycles. The zero-order valence-corrected chi connectivity index (χ0v) is 10.5. The van der Waals surface area contributed by atoms with Crippen LogP contribution in [0.4, 0.5) is 0 Å². The number of ether oxygens (including phenoxy) is 1. The minimum atomic E-state index is -1.05. The number of hydrogen-bond acceptors (Lipinski definition) is 3. The highest BCUT2D eigenvalue weighted by molar-refractivity contribution is 5.84. The molecule has 0 aliphatic carbocycles. The third kappa shape index (κ3) is 3.79. The zero-order valence-electron chi connectivity index (χ0n) is 10.5. The third-order valence-electron chi connectivity index (χ3n) is 3.18. The molecule has 0 unspecified atom stereocenters. The number of nitrogens with one attached hydrogen (secondary N) is 1. The van der Waals surface area contributed by atoms with Gasteiger partial charge in [0.2, 0.25) is 5.91 Å². The van der Waals surface area contributed by atoms with E-state index < -0.39 is 12.0 Å². The molecule has 1 fully saturated rings. The second-order valence-electron chi connectivity index (χ2n) is 4.68. The molecule has 5 nitrogen and oxygen atoms in total. The second-order valence-corrected chi connectivity index (χ2v) is 4.68. The fraction of sp³-hybridized carbons (Fsp3) is 0.429. The molecule has 0 radical (unpaired) electrons. The molecule has 5 heteroatoms. The van der Waals surface area contributed by atoms with Gasteiger partial charge < -0.3 is 15.2 Å². The van der Waals surface area contributed by atoms with Crippen molar-refractivity contribution in [3.05, 3.63) is 35.9 Å². The van der Waals surface area contributed by atoms with Gasteiger partial charge in [-0.05, 0) is 17.9 Å². The zero-order chi connectivity index (χ0) is 13.7. The van der Waals surface area contributed by atoms with Crippen molar-refractivity contribution in [1.29, 1.82) is 0 Å². The number of amides is 1. The Morgan fingerprint density at radius 1 is 1.37 bits per heavy atom. The maximum atomic E-state index is 11.9. The van der Waals surface area contributed by atoms with Crippen LogP contribution in [0.3, 0.4) is 0 Å². The topological polar surface area (TPSA) is 75.6 Å². The van der Waals surface area contributed by atoms with Crippen LogP contribution in [-0.4, -0.2) is 30.2 Å². The van der Waals surface area contributed by atoms with Crippen LogP contribution < -0.4 is 5.32 Å². The maximum Gasteiger partial charge on any atom is 0.330 e. The molecule has 102 valence electrons. The Bertz CT molecular complexity index is 440. The van der Waals surface area contributed by atoms with Crippen LogP contribution in [0.5, 0.6) is 0 Å². The quantitative estimate of drug-likeness (QED) is 0.841. The van der Waals surface area contributed by atoms with E-state index in [4.69, 9.17) is 4.74 Å². The summed E-state index contributed by atoms with van der Waals surface area (Å²) < 4.78 is 5.20. The van der Waals surface area contributed by atoms with Crippen molar-refractivity contribution in [1.82, 2.24) is 5.32 Å². The average molecular weight is 263 g/mol. The first-order valence-corrected chi connectivity index (χ1v) is 6.31. The summed E-state index contributed by atoms with van der Waals surface area (Å²) in [5, 5.41) is 11.8. The Labute approximate surface area is 111 Å². The van der Waals surface area contributed by atoms with E-state index in [0.29, 0.717) is 25.2 Å². The molecule has 1 amide bonds. The molecule has 1 aromatic carbocycles. The highest BCUT2D eigenvalue weighted by Crippen LogP contribution is 2.18. The van der Waals surface area contributed by atoms with Crippen molar-refractivity contribution in [2.45, 2.75) is 18.9 Å². The van der Waals surface area contributed by atoms with Gasteiger partial charge in [-0.25, -0.2) is 4.79 Å². The standard InChI is InChI=1S/C14H17NO4/c16-12(8-10-6-7-19-9-10)15-13(14(17)18)11-4-2-1-3-5-11/h1-5,10,13H,6-9H2,(H,15,16)(H,17,18)/t10-,13+/m0/s1. The van der Waals surface area contributed by atoms with Crippen LogP contribution in [0.25, 0.3) is 0 Å². The first-order valence-electron chi connectivity index (χ1n) is 6.31. The van der Waals surface area contributed by atoms with Crippen molar-refractivity contribution >= 4 is 11.9 Å². The van der Waals surface area contributed by atoms with Gasteiger partial charge in [-0.1, -0.05) is 30.3 Å². The fourth-order valence-corrected chi connectivity index (χ4v) is 2.16. The van der Waals surface area contributed by atoms with E-state index >= 15 is 0 Å². The minimum absolute atomic E-state index is 0.199. The fourth-order valence-electron chi connectivity index (χ4n) is 2.16. The predicted molar refractivity (Wildman–Crippen MR) is 68.5 cm³/mol. The summed E-state index contributed by atoms with van der Waals surface area (Å²) in [6.07, 6.45) is 1.17. The third-order valence-corrected chi connectivity index (χ3v) is 3.18. The molecule has 19 heavy (non-hydrogen) atoms. The molecule has 0 spiro atoms. The molecule has 1 aliphatic rings. The van der Waals surface area contributed by atoms with Crippen molar-refractivity contribution in [2.75, 3.05) is 13.2 Å². The molecule has 2 N–H and O–H groups in total. The number of benzene rings is 1. The first-order chi connectivity index (χ1) is 9.16. The minimum Gasteiger partial charge on any atom is -0.479 e. The van der Waals surface area contributed by atoms with Crippen LogP contribution in [0.2, 0.25) is 0 Å². The first kappa shape index (κ1) is 13.5. The van der Waals surface area contributed by atoms with Gasteiger partial charge in [0.05, 0.1) is 0 Å². The monoisotopic (exact) mass is 263 g/mol. The van der Waals surface area contributed by atoms with Crippen molar-refractivity contribution < 1.29 is 19.4 Å². The van der Waals surface area contributed by atoms with Gasteiger partial charge in [0.25, 0.3) is 0 Å². The van der Waals surface area contributed by atoms with E-state index in [9.17, 15) is 14.7 Å². The number of hydrogen-bond donors (Lipinski definition) is 2. The van der Waals surface area contributed by atoms with Gasteiger partial charge in [0.15, 0.2) is 6.04 Å². The van der Waals surface area contributed by atoms with Crippen molar-refractivity contribution in [3.63, 3.8) is 0 Å². The molecule has 0 aromatic heterocycles. The Morgan fingerprint density at radius 3 is 2.68 bits per heavy atom. The van der Waals surface area contributed by atoms with Crippen LogP contribution in [0.1, 0.15) is 24.4 Å². The molecular formula is C14H17NO4. The summed E-state index contributed by atoms with van der Waals surface area (Å²) in [6, 6.07) is 7.70. The predicted octanol–water partition coefficient (Wildman–Crippen LogP) is 1.36. The van der Waals surface area contributed by atoms with Crippen LogP contribution in [-0.2, 0) is 14.3 Å².